The molecule has 0 aliphatic carbocycles. The van der Waals surface area contributed by atoms with Crippen LogP contribution in [0.5, 0.6) is 0 Å². The second-order valence-electron chi connectivity index (χ2n) is 4.77. The van der Waals surface area contributed by atoms with E-state index in [-0.39, 0.29) is 5.91 Å². The Balaban J connectivity index is 2.35. The molecule has 1 heterocycles. The van der Waals surface area contributed by atoms with E-state index in [2.05, 4.69) is 15.3 Å². The van der Waals surface area contributed by atoms with E-state index in [0.717, 1.165) is 5.56 Å². The van der Waals surface area contributed by atoms with Crippen molar-refractivity contribution in [2.24, 2.45) is 5.11 Å². The molecular weight excluding hydrogens is 252 g/mol. The molecule has 1 aliphatic rings. The summed E-state index contributed by atoms with van der Waals surface area (Å²) >= 11 is 0. The molecular formula is C15H12N4O. The fourth-order valence-electron chi connectivity index (χ4n) is 2.59. The van der Waals surface area contributed by atoms with Crippen LogP contribution in [0, 0.1) is 6.92 Å². The van der Waals surface area contributed by atoms with Gasteiger partial charge in [-0.1, -0.05) is 53.1 Å². The number of nitrogens with zero attached hydrogens (tertiary/aromatic N) is 3. The van der Waals surface area contributed by atoms with Crippen LogP contribution in [0.25, 0.3) is 10.4 Å². The van der Waals surface area contributed by atoms with Gasteiger partial charge in [0.2, 0.25) is 5.91 Å². The molecule has 1 atom stereocenters. The molecule has 3 rings (SSSR count). The van der Waals surface area contributed by atoms with Crippen LogP contribution in [0.3, 0.4) is 0 Å². The Morgan fingerprint density at radius 2 is 1.95 bits per heavy atom. The minimum absolute atomic E-state index is 0.317. The molecule has 20 heavy (non-hydrogen) atoms. The van der Waals surface area contributed by atoms with Crippen molar-refractivity contribution in [2.75, 3.05) is 5.32 Å². The van der Waals surface area contributed by atoms with E-state index in [1.54, 1.807) is 12.1 Å². The predicted octanol–water partition coefficient (Wildman–Crippen LogP) is 3.50. The zero-order valence-electron chi connectivity index (χ0n) is 10.9. The van der Waals surface area contributed by atoms with Gasteiger partial charge in [-0.2, -0.15) is 0 Å². The molecule has 98 valence electrons. The van der Waals surface area contributed by atoms with Crippen LogP contribution < -0.4 is 5.32 Å². The van der Waals surface area contributed by atoms with Crippen molar-refractivity contribution in [3.05, 3.63) is 75.7 Å². The average Bonchev–Trinajstić information content (AvgIpc) is 2.74. The Kier molecular flexibility index (Phi) is 2.70. The van der Waals surface area contributed by atoms with Crippen molar-refractivity contribution < 1.29 is 4.79 Å². The van der Waals surface area contributed by atoms with Crippen molar-refractivity contribution >= 4 is 11.6 Å². The van der Waals surface area contributed by atoms with Gasteiger partial charge in [-0.05, 0) is 24.1 Å². The normalized spacial score (nSPS) is 19.9. The Labute approximate surface area is 115 Å². The fourth-order valence-corrected chi connectivity index (χ4v) is 2.59. The first-order valence-corrected chi connectivity index (χ1v) is 6.23. The van der Waals surface area contributed by atoms with E-state index >= 15 is 0 Å². The number of hydrogen-bond acceptors (Lipinski definition) is 2. The van der Waals surface area contributed by atoms with E-state index in [9.17, 15) is 4.79 Å². The highest BCUT2D eigenvalue weighted by Gasteiger charge is 2.47. The van der Waals surface area contributed by atoms with Gasteiger partial charge < -0.3 is 5.32 Å². The highest BCUT2D eigenvalue weighted by Crippen LogP contribution is 2.44. The van der Waals surface area contributed by atoms with Gasteiger partial charge in [0.05, 0.1) is 0 Å². The molecule has 2 aromatic carbocycles. The van der Waals surface area contributed by atoms with E-state index in [1.165, 1.54) is 0 Å². The maximum atomic E-state index is 12.5. The van der Waals surface area contributed by atoms with Gasteiger partial charge in [-0.3, -0.25) is 4.79 Å². The van der Waals surface area contributed by atoms with Crippen molar-refractivity contribution in [1.82, 2.24) is 0 Å². The summed E-state index contributed by atoms with van der Waals surface area (Å²) in [5.41, 5.74) is 10.7. The Hall–Kier alpha value is -2.78. The highest BCUT2D eigenvalue weighted by atomic mass is 16.2. The van der Waals surface area contributed by atoms with Gasteiger partial charge >= 0.3 is 0 Å². The molecule has 1 unspecified atom stereocenters. The molecule has 1 amide bonds. The number of nitrogens with one attached hydrogen (secondary N) is 1. The number of benzene rings is 2. The third-order valence-corrected chi connectivity index (χ3v) is 3.53. The lowest BCUT2D eigenvalue weighted by Crippen LogP contribution is -2.33. The fraction of sp³-hybridized carbons (Fsp3) is 0.133. The number of azide groups is 1. The van der Waals surface area contributed by atoms with Gasteiger partial charge in [0.15, 0.2) is 5.54 Å². The van der Waals surface area contributed by atoms with Gasteiger partial charge in [0, 0.05) is 16.2 Å². The van der Waals surface area contributed by atoms with Crippen LogP contribution in [0.1, 0.15) is 16.7 Å². The van der Waals surface area contributed by atoms with Crippen molar-refractivity contribution in [3.63, 3.8) is 0 Å². The second kappa shape index (κ2) is 4.40. The van der Waals surface area contributed by atoms with Crippen LogP contribution >= 0.6 is 0 Å². The maximum Gasteiger partial charge on any atom is 0.245 e. The molecule has 5 nitrogen and oxygen atoms in total. The lowest BCUT2D eigenvalue weighted by atomic mass is 9.84. The summed E-state index contributed by atoms with van der Waals surface area (Å²) < 4.78 is 0. The van der Waals surface area contributed by atoms with Crippen molar-refractivity contribution in [1.29, 1.82) is 0 Å². The Morgan fingerprint density at radius 1 is 1.20 bits per heavy atom. The van der Waals surface area contributed by atoms with E-state index in [0.29, 0.717) is 16.8 Å². The van der Waals surface area contributed by atoms with Crippen LogP contribution in [0.2, 0.25) is 0 Å². The largest absolute Gasteiger partial charge is 0.325 e. The quantitative estimate of drug-likeness (QED) is 0.503. The average molecular weight is 264 g/mol. The third kappa shape index (κ3) is 1.57. The van der Waals surface area contributed by atoms with E-state index in [1.807, 2.05) is 43.3 Å². The van der Waals surface area contributed by atoms with Crippen molar-refractivity contribution in [3.8, 4) is 0 Å². The van der Waals surface area contributed by atoms with Gasteiger partial charge in [0.1, 0.15) is 0 Å². The molecule has 2 aromatic rings. The molecule has 1 N–H and O–H groups in total. The second-order valence-corrected chi connectivity index (χ2v) is 4.77. The maximum absolute atomic E-state index is 12.5. The molecule has 0 saturated carbocycles. The summed E-state index contributed by atoms with van der Waals surface area (Å²) in [6, 6.07) is 14.7. The summed E-state index contributed by atoms with van der Waals surface area (Å²) in [4.78, 5) is 15.4. The highest BCUT2D eigenvalue weighted by molar-refractivity contribution is 6.08. The number of carbonyl (C=O) groups excluding carboxylic acids is 1. The van der Waals surface area contributed by atoms with Crippen molar-refractivity contribution in [2.45, 2.75) is 12.5 Å². The lowest BCUT2D eigenvalue weighted by molar-refractivity contribution is -0.119. The summed E-state index contributed by atoms with van der Waals surface area (Å²) in [6.45, 7) is 1.94. The molecule has 0 radical (unpaired) electrons. The first-order valence-electron chi connectivity index (χ1n) is 6.23. The summed E-state index contributed by atoms with van der Waals surface area (Å²) in [6.07, 6.45) is 0. The SMILES string of the molecule is Cc1ccc2c(c1)C(N=[N+]=[N-])(c1ccccc1)C(=O)N2. The minimum Gasteiger partial charge on any atom is -0.325 e. The number of aryl methyl sites for hydroxylation is 1. The number of anilines is 1. The van der Waals surface area contributed by atoms with Gasteiger partial charge in [0.25, 0.3) is 0 Å². The number of carbonyl (C=O) groups is 1. The first-order chi connectivity index (χ1) is 9.68. The van der Waals surface area contributed by atoms with Crippen LogP contribution in [0.15, 0.2) is 53.6 Å². The molecule has 5 heteroatoms. The number of rotatable bonds is 2. The molecule has 0 bridgehead atoms. The number of hydrogen-bond donors (Lipinski definition) is 1. The molecule has 0 aromatic heterocycles. The summed E-state index contributed by atoms with van der Waals surface area (Å²) in [7, 11) is 0. The first kappa shape index (κ1) is 12.3. The zero-order valence-corrected chi connectivity index (χ0v) is 10.9. The third-order valence-electron chi connectivity index (χ3n) is 3.53. The number of amides is 1. The Morgan fingerprint density at radius 3 is 2.65 bits per heavy atom. The predicted molar refractivity (Wildman–Crippen MR) is 76.2 cm³/mol. The summed E-state index contributed by atoms with van der Waals surface area (Å²) in [5, 5.41) is 6.65. The monoisotopic (exact) mass is 264 g/mol. The molecule has 0 saturated heterocycles. The summed E-state index contributed by atoms with van der Waals surface area (Å²) in [5.74, 6) is -0.317. The van der Waals surface area contributed by atoms with Crippen LogP contribution in [0.4, 0.5) is 5.69 Å². The van der Waals surface area contributed by atoms with Crippen LogP contribution in [-0.4, -0.2) is 5.91 Å². The smallest absolute Gasteiger partial charge is 0.245 e. The zero-order chi connectivity index (χ0) is 14.2. The van der Waals surface area contributed by atoms with Gasteiger partial charge in [-0.15, -0.1) is 0 Å². The van der Waals surface area contributed by atoms with E-state index in [4.69, 9.17) is 5.53 Å². The Bertz CT molecular complexity index is 735. The lowest BCUT2D eigenvalue weighted by Gasteiger charge is -2.22. The topological polar surface area (TPSA) is 77.9 Å². The van der Waals surface area contributed by atoms with Crippen LogP contribution in [-0.2, 0) is 10.3 Å². The minimum atomic E-state index is -1.32. The van der Waals surface area contributed by atoms with E-state index < -0.39 is 5.54 Å². The molecule has 1 aliphatic heterocycles. The van der Waals surface area contributed by atoms with Gasteiger partial charge in [-0.25, -0.2) is 0 Å². The molecule has 0 fully saturated rings. The standard InChI is InChI=1S/C15H12N4O/c1-10-7-8-13-12(9-10)15(18-19-16,14(20)17-13)11-5-3-2-4-6-11/h2-9H,1H3,(H,17,20). The number of fused-ring (bicyclic) bond motifs is 1. The molecule has 0 spiro atoms.